The van der Waals surface area contributed by atoms with Gasteiger partial charge in [-0.15, -0.1) is 11.8 Å². The Morgan fingerprint density at radius 3 is 2.87 bits per heavy atom. The molecule has 1 aromatic rings. The Balaban J connectivity index is 1.85. The molecule has 1 atom stereocenters. The molecule has 1 saturated heterocycles. The summed E-state index contributed by atoms with van der Waals surface area (Å²) < 4.78 is 18.3. The molecule has 0 saturated carbocycles. The summed E-state index contributed by atoms with van der Waals surface area (Å²) >= 11 is 1.34. The average molecular weight is 339 g/mol. The molecule has 0 aliphatic carbocycles. The predicted octanol–water partition coefficient (Wildman–Crippen LogP) is 3.25. The number of esters is 1. The molecule has 1 fully saturated rings. The van der Waals surface area contributed by atoms with Crippen LogP contribution in [0.5, 0.6) is 0 Å². The molecule has 6 heteroatoms. The van der Waals surface area contributed by atoms with E-state index in [-0.39, 0.29) is 30.2 Å². The minimum Gasteiger partial charge on any atom is -0.469 e. The second-order valence-corrected chi connectivity index (χ2v) is 6.68. The number of benzene rings is 1. The van der Waals surface area contributed by atoms with E-state index in [1.807, 2.05) is 0 Å². The van der Waals surface area contributed by atoms with E-state index in [0.29, 0.717) is 23.6 Å². The van der Waals surface area contributed by atoms with Gasteiger partial charge in [-0.25, -0.2) is 4.39 Å². The highest BCUT2D eigenvalue weighted by atomic mass is 32.2. The minimum atomic E-state index is -0.282. The fourth-order valence-corrected chi connectivity index (χ4v) is 3.65. The van der Waals surface area contributed by atoms with Crippen LogP contribution in [0.3, 0.4) is 0 Å². The van der Waals surface area contributed by atoms with E-state index in [9.17, 15) is 14.0 Å². The van der Waals surface area contributed by atoms with Crippen LogP contribution >= 0.6 is 11.8 Å². The fourth-order valence-electron chi connectivity index (χ4n) is 2.77. The van der Waals surface area contributed by atoms with Crippen LogP contribution in [-0.4, -0.2) is 42.2 Å². The first-order chi connectivity index (χ1) is 11.1. The van der Waals surface area contributed by atoms with Crippen molar-refractivity contribution in [2.45, 2.75) is 43.0 Å². The molecule has 0 N–H and O–H groups in total. The lowest BCUT2D eigenvalue weighted by molar-refractivity contribution is -0.144. The Labute approximate surface area is 140 Å². The molecule has 1 aliphatic heterocycles. The summed E-state index contributed by atoms with van der Waals surface area (Å²) in [5.41, 5.74) is 0. The zero-order valence-corrected chi connectivity index (χ0v) is 14.1. The molecule has 0 spiro atoms. The van der Waals surface area contributed by atoms with Crippen LogP contribution in [0.2, 0.25) is 0 Å². The van der Waals surface area contributed by atoms with Gasteiger partial charge in [0, 0.05) is 29.7 Å². The van der Waals surface area contributed by atoms with E-state index in [1.165, 1.54) is 24.9 Å². The third kappa shape index (κ3) is 5.23. The number of ether oxygens (including phenoxy) is 1. The maximum atomic E-state index is 13.5. The summed E-state index contributed by atoms with van der Waals surface area (Å²) in [5.74, 6) is 0.0191. The van der Waals surface area contributed by atoms with Gasteiger partial charge in [0.1, 0.15) is 5.82 Å². The van der Waals surface area contributed by atoms with Gasteiger partial charge in [0.05, 0.1) is 13.5 Å². The van der Waals surface area contributed by atoms with Crippen molar-refractivity contribution in [3.8, 4) is 0 Å². The minimum absolute atomic E-state index is 0.0300. The fraction of sp³-hybridized carbons (Fsp3) is 0.529. The molecule has 1 amide bonds. The van der Waals surface area contributed by atoms with Crippen molar-refractivity contribution in [1.29, 1.82) is 0 Å². The summed E-state index contributed by atoms with van der Waals surface area (Å²) in [4.78, 5) is 26.3. The standard InChI is InChI=1S/C17H22FNO3S/c1-22-17(21)12-13-6-4-5-10-19(13)16(20)9-11-23-15-8-3-2-7-14(15)18/h2-3,7-8,13H,4-6,9-12H2,1H3. The molecule has 23 heavy (non-hydrogen) atoms. The second-order valence-electron chi connectivity index (χ2n) is 5.55. The number of hydrogen-bond donors (Lipinski definition) is 0. The van der Waals surface area contributed by atoms with Crippen molar-refractivity contribution >= 4 is 23.6 Å². The second kappa shape index (κ2) is 8.91. The number of likely N-dealkylation sites (tertiary alicyclic amines) is 1. The highest BCUT2D eigenvalue weighted by molar-refractivity contribution is 7.99. The Morgan fingerprint density at radius 2 is 2.13 bits per heavy atom. The van der Waals surface area contributed by atoms with Gasteiger partial charge in [-0.2, -0.15) is 0 Å². The number of piperidine rings is 1. The zero-order valence-electron chi connectivity index (χ0n) is 13.3. The first kappa shape index (κ1) is 17.8. The number of halogens is 1. The molecule has 0 bridgehead atoms. The lowest BCUT2D eigenvalue weighted by atomic mass is 9.99. The quantitative estimate of drug-likeness (QED) is 0.590. The zero-order chi connectivity index (χ0) is 16.7. The van der Waals surface area contributed by atoms with Crippen LogP contribution in [0.1, 0.15) is 32.1 Å². The topological polar surface area (TPSA) is 46.6 Å². The molecule has 126 valence electrons. The third-order valence-electron chi connectivity index (χ3n) is 3.99. The van der Waals surface area contributed by atoms with Gasteiger partial charge in [0.15, 0.2) is 0 Å². The summed E-state index contributed by atoms with van der Waals surface area (Å²) in [6.07, 6.45) is 3.42. The van der Waals surface area contributed by atoms with E-state index in [1.54, 1.807) is 23.1 Å². The van der Waals surface area contributed by atoms with Crippen molar-refractivity contribution in [2.24, 2.45) is 0 Å². The third-order valence-corrected chi connectivity index (χ3v) is 5.04. The van der Waals surface area contributed by atoms with Crippen LogP contribution in [0, 0.1) is 5.82 Å². The largest absolute Gasteiger partial charge is 0.469 e. The number of thioether (sulfide) groups is 1. The Bertz CT molecular complexity index is 552. The number of hydrogen-bond acceptors (Lipinski definition) is 4. The molecule has 0 radical (unpaired) electrons. The maximum Gasteiger partial charge on any atom is 0.307 e. The molecule has 1 aromatic carbocycles. The van der Waals surface area contributed by atoms with Gasteiger partial charge in [-0.1, -0.05) is 12.1 Å². The lowest BCUT2D eigenvalue weighted by Crippen LogP contribution is -2.45. The number of amides is 1. The van der Waals surface area contributed by atoms with Crippen LogP contribution in [-0.2, 0) is 14.3 Å². The van der Waals surface area contributed by atoms with Crippen molar-refractivity contribution < 1.29 is 18.7 Å². The molecule has 0 aromatic heterocycles. The van der Waals surface area contributed by atoms with Gasteiger partial charge in [-0.05, 0) is 31.4 Å². The van der Waals surface area contributed by atoms with Gasteiger partial charge < -0.3 is 9.64 Å². The van der Waals surface area contributed by atoms with Crippen LogP contribution in [0.4, 0.5) is 4.39 Å². The first-order valence-electron chi connectivity index (χ1n) is 7.85. The molecular formula is C17H22FNO3S. The monoisotopic (exact) mass is 339 g/mol. The Hall–Kier alpha value is -1.56. The van der Waals surface area contributed by atoms with E-state index in [0.717, 1.165) is 19.3 Å². The Kier molecular flexibility index (Phi) is 6.89. The highest BCUT2D eigenvalue weighted by Gasteiger charge is 2.28. The average Bonchev–Trinajstić information content (AvgIpc) is 2.57. The summed E-state index contributed by atoms with van der Waals surface area (Å²) in [6.45, 7) is 0.685. The summed E-state index contributed by atoms with van der Waals surface area (Å²) in [5, 5.41) is 0. The maximum absolute atomic E-state index is 13.5. The summed E-state index contributed by atoms with van der Waals surface area (Å²) in [7, 11) is 1.36. The van der Waals surface area contributed by atoms with Crippen molar-refractivity contribution in [2.75, 3.05) is 19.4 Å². The van der Waals surface area contributed by atoms with Crippen molar-refractivity contribution in [1.82, 2.24) is 4.90 Å². The molecule has 1 unspecified atom stereocenters. The first-order valence-corrected chi connectivity index (χ1v) is 8.84. The van der Waals surface area contributed by atoms with Gasteiger partial charge in [0.2, 0.25) is 5.91 Å². The molecule has 2 rings (SSSR count). The van der Waals surface area contributed by atoms with Gasteiger partial charge in [-0.3, -0.25) is 9.59 Å². The van der Waals surface area contributed by atoms with E-state index < -0.39 is 0 Å². The normalized spacial score (nSPS) is 17.8. The number of carbonyl (C=O) groups excluding carboxylic acids is 2. The molecule has 1 heterocycles. The summed E-state index contributed by atoms with van der Waals surface area (Å²) in [6, 6.07) is 6.49. The van der Waals surface area contributed by atoms with Crippen LogP contribution in [0.25, 0.3) is 0 Å². The highest BCUT2D eigenvalue weighted by Crippen LogP contribution is 2.24. The van der Waals surface area contributed by atoms with Crippen LogP contribution in [0.15, 0.2) is 29.2 Å². The van der Waals surface area contributed by atoms with E-state index >= 15 is 0 Å². The molecular weight excluding hydrogens is 317 g/mol. The smallest absolute Gasteiger partial charge is 0.307 e. The van der Waals surface area contributed by atoms with E-state index in [2.05, 4.69) is 0 Å². The molecule has 1 aliphatic rings. The van der Waals surface area contributed by atoms with Gasteiger partial charge in [0.25, 0.3) is 0 Å². The number of methoxy groups -OCH3 is 1. The SMILES string of the molecule is COC(=O)CC1CCCCN1C(=O)CCSc1ccccc1F. The van der Waals surface area contributed by atoms with Gasteiger partial charge >= 0.3 is 5.97 Å². The van der Waals surface area contributed by atoms with Crippen LogP contribution < -0.4 is 0 Å². The number of rotatable bonds is 6. The van der Waals surface area contributed by atoms with Crippen molar-refractivity contribution in [3.05, 3.63) is 30.1 Å². The van der Waals surface area contributed by atoms with Crippen molar-refractivity contribution in [3.63, 3.8) is 0 Å². The van der Waals surface area contributed by atoms with E-state index in [4.69, 9.17) is 4.74 Å². The Morgan fingerprint density at radius 1 is 1.35 bits per heavy atom. The predicted molar refractivity (Wildman–Crippen MR) is 87.7 cm³/mol. The number of nitrogens with zero attached hydrogens (tertiary/aromatic N) is 1. The lowest BCUT2D eigenvalue weighted by Gasteiger charge is -2.35. The number of carbonyl (C=O) groups is 2. The molecule has 4 nitrogen and oxygen atoms in total.